The van der Waals surface area contributed by atoms with Crippen LogP contribution in [0.3, 0.4) is 0 Å². The number of hydrogen-bond acceptors (Lipinski definition) is 2. The summed E-state index contributed by atoms with van der Waals surface area (Å²) in [5.74, 6) is 0.739. The number of carbonyl (C=O) groups excluding carboxylic acids is 1. The van der Waals surface area contributed by atoms with E-state index in [1.54, 1.807) is 0 Å². The predicted octanol–water partition coefficient (Wildman–Crippen LogP) is 2.21. The molecule has 1 aromatic carbocycles. The second-order valence-electron chi connectivity index (χ2n) is 5.31. The molecule has 0 aromatic heterocycles. The molecule has 1 heterocycles. The van der Waals surface area contributed by atoms with E-state index in [2.05, 4.69) is 36.2 Å². The minimum absolute atomic E-state index is 0.0647. The van der Waals surface area contributed by atoms with E-state index in [0.717, 1.165) is 32.6 Å². The summed E-state index contributed by atoms with van der Waals surface area (Å²) in [5.41, 5.74) is 1.33. The molecule has 0 unspecified atom stereocenters. The van der Waals surface area contributed by atoms with Crippen molar-refractivity contribution in [2.75, 3.05) is 32.6 Å². The summed E-state index contributed by atoms with van der Waals surface area (Å²) in [7, 11) is 2.14. The molecule has 1 aliphatic heterocycles. The third-order valence-corrected chi connectivity index (χ3v) is 3.85. The lowest BCUT2D eigenvalue weighted by molar-refractivity contribution is -0.127. The molecule has 0 aliphatic carbocycles. The van der Waals surface area contributed by atoms with E-state index in [9.17, 15) is 4.79 Å². The molecule has 0 spiro atoms. The van der Waals surface area contributed by atoms with Gasteiger partial charge in [-0.25, -0.2) is 0 Å². The van der Waals surface area contributed by atoms with Crippen LogP contribution in [0.4, 0.5) is 0 Å². The molecule has 2 rings (SSSR count). The van der Waals surface area contributed by atoms with Crippen LogP contribution in [0.25, 0.3) is 0 Å². The second kappa shape index (κ2) is 6.92. The first kappa shape index (κ1) is 14.4. The standard InChI is InChI=1S/C15H21ClN2O/c1-17(10-13-5-3-2-4-6-13)11-14-7-8-18(12-14)15(19)9-16/h2-6,14H,7-12H2,1H3/t14-/m0/s1. The molecule has 1 fully saturated rings. The molecular weight excluding hydrogens is 260 g/mol. The number of halogens is 1. The predicted molar refractivity (Wildman–Crippen MR) is 78.2 cm³/mol. The van der Waals surface area contributed by atoms with Crippen LogP contribution in [0.2, 0.25) is 0 Å². The number of amides is 1. The summed E-state index contributed by atoms with van der Waals surface area (Å²) >= 11 is 5.59. The van der Waals surface area contributed by atoms with Crippen LogP contribution < -0.4 is 0 Å². The van der Waals surface area contributed by atoms with Crippen molar-refractivity contribution in [2.45, 2.75) is 13.0 Å². The van der Waals surface area contributed by atoms with E-state index in [0.29, 0.717) is 5.92 Å². The highest BCUT2D eigenvalue weighted by Gasteiger charge is 2.26. The molecule has 1 aromatic rings. The molecule has 1 atom stereocenters. The molecule has 104 valence electrons. The summed E-state index contributed by atoms with van der Waals surface area (Å²) in [6.45, 7) is 3.70. The van der Waals surface area contributed by atoms with Gasteiger partial charge in [-0.05, 0) is 24.9 Å². The van der Waals surface area contributed by atoms with Crippen molar-refractivity contribution in [2.24, 2.45) is 5.92 Å². The summed E-state index contributed by atoms with van der Waals surface area (Å²) in [6, 6.07) is 10.5. The van der Waals surface area contributed by atoms with Crippen LogP contribution in [0.1, 0.15) is 12.0 Å². The normalized spacial score (nSPS) is 19.1. The van der Waals surface area contributed by atoms with Gasteiger partial charge in [-0.3, -0.25) is 4.79 Å². The maximum absolute atomic E-state index is 11.5. The number of benzene rings is 1. The smallest absolute Gasteiger partial charge is 0.237 e. The van der Waals surface area contributed by atoms with Gasteiger partial charge in [0.05, 0.1) is 0 Å². The number of alkyl halides is 1. The number of carbonyl (C=O) groups is 1. The number of rotatable bonds is 5. The minimum Gasteiger partial charge on any atom is -0.341 e. The van der Waals surface area contributed by atoms with Crippen LogP contribution in [-0.2, 0) is 11.3 Å². The van der Waals surface area contributed by atoms with E-state index < -0.39 is 0 Å². The first-order chi connectivity index (χ1) is 9.19. The van der Waals surface area contributed by atoms with Crippen molar-refractivity contribution in [1.82, 2.24) is 9.80 Å². The van der Waals surface area contributed by atoms with E-state index in [4.69, 9.17) is 11.6 Å². The Morgan fingerprint density at radius 3 is 2.84 bits per heavy atom. The highest BCUT2D eigenvalue weighted by Crippen LogP contribution is 2.18. The summed E-state index contributed by atoms with van der Waals surface area (Å²) < 4.78 is 0. The van der Waals surface area contributed by atoms with E-state index in [1.807, 2.05) is 11.0 Å². The Morgan fingerprint density at radius 1 is 1.42 bits per heavy atom. The molecule has 4 heteroatoms. The van der Waals surface area contributed by atoms with Gasteiger partial charge >= 0.3 is 0 Å². The monoisotopic (exact) mass is 280 g/mol. The summed E-state index contributed by atoms with van der Waals surface area (Å²) in [6.07, 6.45) is 1.09. The minimum atomic E-state index is 0.0647. The lowest BCUT2D eigenvalue weighted by atomic mass is 10.1. The number of hydrogen-bond donors (Lipinski definition) is 0. The van der Waals surface area contributed by atoms with Crippen LogP contribution in [0, 0.1) is 5.92 Å². The van der Waals surface area contributed by atoms with E-state index in [1.165, 1.54) is 5.56 Å². The topological polar surface area (TPSA) is 23.6 Å². The van der Waals surface area contributed by atoms with Gasteiger partial charge in [-0.15, -0.1) is 11.6 Å². The number of likely N-dealkylation sites (tertiary alicyclic amines) is 1. The van der Waals surface area contributed by atoms with Gasteiger partial charge < -0.3 is 9.80 Å². The van der Waals surface area contributed by atoms with Crippen molar-refractivity contribution in [1.29, 1.82) is 0 Å². The molecule has 0 saturated carbocycles. The first-order valence-corrected chi connectivity index (χ1v) is 7.28. The van der Waals surface area contributed by atoms with Gasteiger partial charge in [0.25, 0.3) is 0 Å². The molecule has 0 bridgehead atoms. The summed E-state index contributed by atoms with van der Waals surface area (Å²) in [4.78, 5) is 15.7. The van der Waals surface area contributed by atoms with Gasteiger partial charge in [0.1, 0.15) is 5.88 Å². The van der Waals surface area contributed by atoms with Crippen LogP contribution >= 0.6 is 11.6 Å². The van der Waals surface area contributed by atoms with Crippen molar-refractivity contribution < 1.29 is 4.79 Å². The summed E-state index contributed by atoms with van der Waals surface area (Å²) in [5, 5.41) is 0. The van der Waals surface area contributed by atoms with Gasteiger partial charge in [0.15, 0.2) is 0 Å². The van der Waals surface area contributed by atoms with Gasteiger partial charge in [0.2, 0.25) is 5.91 Å². The average Bonchev–Trinajstić information content (AvgIpc) is 2.87. The Morgan fingerprint density at radius 2 is 2.16 bits per heavy atom. The fourth-order valence-corrected chi connectivity index (χ4v) is 2.86. The molecule has 0 radical (unpaired) electrons. The highest BCUT2D eigenvalue weighted by atomic mass is 35.5. The van der Waals surface area contributed by atoms with Crippen molar-refractivity contribution in [3.63, 3.8) is 0 Å². The molecule has 1 aliphatic rings. The maximum atomic E-state index is 11.5. The fraction of sp³-hybridized carbons (Fsp3) is 0.533. The van der Waals surface area contributed by atoms with Crippen LogP contribution in [0.5, 0.6) is 0 Å². The third-order valence-electron chi connectivity index (χ3n) is 3.62. The SMILES string of the molecule is CN(Cc1ccccc1)C[C@@H]1CCN(C(=O)CCl)C1. The second-order valence-corrected chi connectivity index (χ2v) is 5.58. The highest BCUT2D eigenvalue weighted by molar-refractivity contribution is 6.27. The van der Waals surface area contributed by atoms with Crippen molar-refractivity contribution in [3.05, 3.63) is 35.9 Å². The average molecular weight is 281 g/mol. The molecule has 1 saturated heterocycles. The van der Waals surface area contributed by atoms with Crippen molar-refractivity contribution >= 4 is 17.5 Å². The molecular formula is C15H21ClN2O. The molecule has 0 N–H and O–H groups in total. The fourth-order valence-electron chi connectivity index (χ4n) is 2.69. The van der Waals surface area contributed by atoms with E-state index in [-0.39, 0.29) is 11.8 Å². The zero-order valence-corrected chi connectivity index (χ0v) is 12.1. The van der Waals surface area contributed by atoms with Crippen LogP contribution in [-0.4, -0.2) is 48.3 Å². The Kier molecular flexibility index (Phi) is 5.23. The Bertz CT molecular complexity index is 410. The molecule has 3 nitrogen and oxygen atoms in total. The lowest BCUT2D eigenvalue weighted by Gasteiger charge is -2.21. The third kappa shape index (κ3) is 4.22. The quantitative estimate of drug-likeness (QED) is 0.772. The number of nitrogens with zero attached hydrogens (tertiary/aromatic N) is 2. The Balaban J connectivity index is 1.78. The Hall–Kier alpha value is -1.06. The Labute approximate surface area is 120 Å². The molecule has 19 heavy (non-hydrogen) atoms. The van der Waals surface area contributed by atoms with Crippen molar-refractivity contribution in [3.8, 4) is 0 Å². The van der Waals surface area contributed by atoms with Gasteiger partial charge in [-0.2, -0.15) is 0 Å². The zero-order chi connectivity index (χ0) is 13.7. The van der Waals surface area contributed by atoms with Crippen LogP contribution in [0.15, 0.2) is 30.3 Å². The lowest BCUT2D eigenvalue weighted by Crippen LogP contribution is -2.32. The van der Waals surface area contributed by atoms with Gasteiger partial charge in [-0.1, -0.05) is 30.3 Å². The first-order valence-electron chi connectivity index (χ1n) is 6.75. The van der Waals surface area contributed by atoms with E-state index >= 15 is 0 Å². The largest absolute Gasteiger partial charge is 0.341 e. The zero-order valence-electron chi connectivity index (χ0n) is 11.4. The molecule has 1 amide bonds. The van der Waals surface area contributed by atoms with Gasteiger partial charge in [0, 0.05) is 26.2 Å². The maximum Gasteiger partial charge on any atom is 0.237 e.